The van der Waals surface area contributed by atoms with Crippen molar-refractivity contribution in [2.24, 2.45) is 5.10 Å². The zero-order valence-electron chi connectivity index (χ0n) is 18.7. The highest BCUT2D eigenvalue weighted by atomic mass is 127. The first-order valence-corrected chi connectivity index (χ1v) is 12.3. The van der Waals surface area contributed by atoms with Gasteiger partial charge in [-0.3, -0.25) is 9.59 Å². The van der Waals surface area contributed by atoms with Crippen LogP contribution >= 0.6 is 45.2 Å². The van der Waals surface area contributed by atoms with Gasteiger partial charge in [0.15, 0.2) is 0 Å². The predicted molar refractivity (Wildman–Crippen MR) is 151 cm³/mol. The SMILES string of the molecule is COc1ccc(OC)c(/C=C(\NC(=O)c2ccccc2)C(=O)N/N=C\c2cc(I)cc(I)c2O)c1. The van der Waals surface area contributed by atoms with Crippen LogP contribution in [0.15, 0.2) is 71.5 Å². The molecule has 0 radical (unpaired) electrons. The highest BCUT2D eigenvalue weighted by Crippen LogP contribution is 2.27. The molecule has 0 fully saturated rings. The van der Waals surface area contributed by atoms with Crippen molar-refractivity contribution in [1.82, 2.24) is 10.7 Å². The average Bonchev–Trinajstić information content (AvgIpc) is 2.86. The number of carbonyl (C=O) groups is 2. The fourth-order valence-corrected chi connectivity index (χ4v) is 4.84. The summed E-state index contributed by atoms with van der Waals surface area (Å²) >= 11 is 4.14. The zero-order chi connectivity index (χ0) is 25.4. The molecule has 0 saturated heterocycles. The number of aromatic hydroxyl groups is 1. The second kappa shape index (κ2) is 12.5. The lowest BCUT2D eigenvalue weighted by Crippen LogP contribution is -2.32. The van der Waals surface area contributed by atoms with Gasteiger partial charge in [-0.25, -0.2) is 5.43 Å². The summed E-state index contributed by atoms with van der Waals surface area (Å²) in [4.78, 5) is 25.8. The summed E-state index contributed by atoms with van der Waals surface area (Å²) in [5, 5.41) is 16.8. The molecule has 10 heteroatoms. The van der Waals surface area contributed by atoms with Crippen LogP contribution in [0, 0.1) is 7.14 Å². The minimum absolute atomic E-state index is 0.0540. The molecule has 0 atom stereocenters. The number of hydrogen-bond acceptors (Lipinski definition) is 6. The number of halogens is 2. The lowest BCUT2D eigenvalue weighted by molar-refractivity contribution is -0.117. The van der Waals surface area contributed by atoms with Crippen LogP contribution in [0.5, 0.6) is 17.2 Å². The summed E-state index contributed by atoms with van der Waals surface area (Å²) in [5.41, 5.74) is 3.67. The summed E-state index contributed by atoms with van der Waals surface area (Å²) in [6, 6.07) is 17.1. The van der Waals surface area contributed by atoms with Crippen molar-refractivity contribution in [1.29, 1.82) is 0 Å². The number of phenols is 1. The van der Waals surface area contributed by atoms with Gasteiger partial charge in [0.2, 0.25) is 0 Å². The Hall–Kier alpha value is -3.13. The average molecular weight is 697 g/mol. The zero-order valence-corrected chi connectivity index (χ0v) is 23.0. The quantitative estimate of drug-likeness (QED) is 0.139. The van der Waals surface area contributed by atoms with Gasteiger partial charge in [0.1, 0.15) is 22.9 Å². The number of carbonyl (C=O) groups excluding carboxylic acids is 2. The van der Waals surface area contributed by atoms with Crippen molar-refractivity contribution >= 4 is 69.3 Å². The highest BCUT2D eigenvalue weighted by molar-refractivity contribution is 14.1. The molecule has 0 aliphatic rings. The van der Waals surface area contributed by atoms with E-state index >= 15 is 0 Å². The molecule has 0 aliphatic heterocycles. The minimum atomic E-state index is -0.671. The van der Waals surface area contributed by atoms with Gasteiger partial charge >= 0.3 is 0 Å². The van der Waals surface area contributed by atoms with Gasteiger partial charge < -0.3 is 19.9 Å². The van der Waals surface area contributed by atoms with Gasteiger partial charge in [-0.05, 0) is 93.7 Å². The van der Waals surface area contributed by atoms with Crippen molar-refractivity contribution in [3.05, 3.63) is 90.2 Å². The first kappa shape index (κ1) is 26.5. The first-order valence-electron chi connectivity index (χ1n) is 10.1. The van der Waals surface area contributed by atoms with E-state index in [9.17, 15) is 14.7 Å². The minimum Gasteiger partial charge on any atom is -0.506 e. The van der Waals surface area contributed by atoms with E-state index in [0.29, 0.717) is 31.8 Å². The van der Waals surface area contributed by atoms with Crippen LogP contribution in [-0.2, 0) is 4.79 Å². The van der Waals surface area contributed by atoms with Crippen molar-refractivity contribution in [2.45, 2.75) is 0 Å². The standard InChI is InChI=1S/C25H21I2N3O5/c1-34-19-8-9-22(35-2)16(11-19)12-21(29-24(32)15-6-4-3-5-7-15)25(33)30-28-14-17-10-18(26)13-20(27)23(17)31/h3-14,31H,1-2H3,(H,29,32)(H,30,33)/b21-12-,28-14-. The van der Waals surface area contributed by atoms with Crippen LogP contribution in [0.2, 0.25) is 0 Å². The highest BCUT2D eigenvalue weighted by Gasteiger charge is 2.16. The third-order valence-electron chi connectivity index (χ3n) is 4.69. The van der Waals surface area contributed by atoms with Gasteiger partial charge in [0, 0.05) is 20.3 Å². The lowest BCUT2D eigenvalue weighted by atomic mass is 10.1. The summed E-state index contributed by atoms with van der Waals surface area (Å²) in [5.74, 6) is -0.0592. The van der Waals surface area contributed by atoms with Crippen LogP contribution in [0.1, 0.15) is 21.5 Å². The molecule has 0 aromatic heterocycles. The molecule has 0 aliphatic carbocycles. The van der Waals surface area contributed by atoms with Gasteiger partial charge in [0.05, 0.1) is 24.0 Å². The topological polar surface area (TPSA) is 109 Å². The molecule has 8 nitrogen and oxygen atoms in total. The number of nitrogens with one attached hydrogen (secondary N) is 2. The molecule has 3 rings (SSSR count). The smallest absolute Gasteiger partial charge is 0.287 e. The van der Waals surface area contributed by atoms with Gasteiger partial charge in [-0.1, -0.05) is 18.2 Å². The second-order valence-electron chi connectivity index (χ2n) is 7.01. The molecular weight excluding hydrogens is 676 g/mol. The number of phenolic OH excluding ortho intramolecular Hbond substituents is 1. The van der Waals surface area contributed by atoms with Crippen LogP contribution in [-0.4, -0.2) is 37.4 Å². The van der Waals surface area contributed by atoms with Crippen molar-refractivity contribution in [3.8, 4) is 17.2 Å². The number of benzene rings is 3. The molecule has 0 heterocycles. The van der Waals surface area contributed by atoms with E-state index < -0.39 is 11.8 Å². The molecule has 180 valence electrons. The second-order valence-corrected chi connectivity index (χ2v) is 9.42. The summed E-state index contributed by atoms with van der Waals surface area (Å²) in [6.07, 6.45) is 2.80. The summed E-state index contributed by atoms with van der Waals surface area (Å²) in [7, 11) is 3.02. The Kier molecular flexibility index (Phi) is 9.48. The van der Waals surface area contributed by atoms with Crippen molar-refractivity contribution in [3.63, 3.8) is 0 Å². The lowest BCUT2D eigenvalue weighted by Gasteiger charge is -2.12. The van der Waals surface area contributed by atoms with Crippen LogP contribution < -0.4 is 20.2 Å². The van der Waals surface area contributed by atoms with Gasteiger partial charge in [-0.2, -0.15) is 5.10 Å². The van der Waals surface area contributed by atoms with E-state index in [2.05, 4.69) is 38.4 Å². The summed E-state index contributed by atoms with van der Waals surface area (Å²) < 4.78 is 12.2. The molecule has 0 bridgehead atoms. The Morgan fingerprint density at radius 1 is 0.971 bits per heavy atom. The van der Waals surface area contributed by atoms with E-state index in [-0.39, 0.29) is 11.4 Å². The molecule has 0 saturated carbocycles. The Morgan fingerprint density at radius 3 is 2.40 bits per heavy atom. The Labute approximate surface area is 229 Å². The Morgan fingerprint density at radius 2 is 1.71 bits per heavy atom. The maximum Gasteiger partial charge on any atom is 0.287 e. The molecule has 3 N–H and O–H groups in total. The predicted octanol–water partition coefficient (Wildman–Crippen LogP) is 4.54. The van der Waals surface area contributed by atoms with Gasteiger partial charge in [-0.15, -0.1) is 0 Å². The van der Waals surface area contributed by atoms with E-state index in [1.54, 1.807) is 54.6 Å². The third-order valence-corrected chi connectivity index (χ3v) is 6.14. The monoisotopic (exact) mass is 697 g/mol. The Balaban J connectivity index is 1.93. The van der Waals surface area contributed by atoms with E-state index in [4.69, 9.17) is 9.47 Å². The molecule has 0 unspecified atom stereocenters. The molecule has 0 spiro atoms. The van der Waals surface area contributed by atoms with E-state index in [1.165, 1.54) is 26.5 Å². The number of hydrazone groups is 1. The van der Waals surface area contributed by atoms with Crippen LogP contribution in [0.25, 0.3) is 6.08 Å². The van der Waals surface area contributed by atoms with Crippen LogP contribution in [0.4, 0.5) is 0 Å². The number of amides is 2. The van der Waals surface area contributed by atoms with Crippen molar-refractivity contribution < 1.29 is 24.2 Å². The number of ether oxygens (including phenoxy) is 2. The third kappa shape index (κ3) is 7.18. The summed E-state index contributed by atoms with van der Waals surface area (Å²) in [6.45, 7) is 0. The fraction of sp³-hybridized carbons (Fsp3) is 0.0800. The molecule has 3 aromatic carbocycles. The molecule has 2 amide bonds. The fourth-order valence-electron chi connectivity index (χ4n) is 2.96. The number of methoxy groups -OCH3 is 2. The molecule has 3 aromatic rings. The molecule has 35 heavy (non-hydrogen) atoms. The number of hydrogen-bond donors (Lipinski definition) is 3. The van der Waals surface area contributed by atoms with E-state index in [0.717, 1.165) is 3.57 Å². The maximum absolute atomic E-state index is 13.0. The molecular formula is C25H21I2N3O5. The number of rotatable bonds is 8. The van der Waals surface area contributed by atoms with Gasteiger partial charge in [0.25, 0.3) is 11.8 Å². The largest absolute Gasteiger partial charge is 0.506 e. The van der Waals surface area contributed by atoms with Crippen molar-refractivity contribution in [2.75, 3.05) is 14.2 Å². The number of nitrogens with zero attached hydrogens (tertiary/aromatic N) is 1. The van der Waals surface area contributed by atoms with E-state index in [1.807, 2.05) is 28.7 Å². The van der Waals surface area contributed by atoms with Crippen LogP contribution in [0.3, 0.4) is 0 Å². The normalized spacial score (nSPS) is 11.3. The maximum atomic E-state index is 13.0. The first-order chi connectivity index (χ1) is 16.8. The Bertz CT molecular complexity index is 1290.